The van der Waals surface area contributed by atoms with Crippen LogP contribution in [0.1, 0.15) is 18.1 Å². The zero-order chi connectivity index (χ0) is 16.4. The van der Waals surface area contributed by atoms with Gasteiger partial charge in [0, 0.05) is 10.4 Å². The van der Waals surface area contributed by atoms with E-state index < -0.39 is 5.63 Å². The van der Waals surface area contributed by atoms with Gasteiger partial charge in [-0.15, -0.1) is 0 Å². The Morgan fingerprint density at radius 3 is 2.74 bits per heavy atom. The summed E-state index contributed by atoms with van der Waals surface area (Å²) in [5, 5.41) is 5.64. The SMILES string of the molecule is C/C(=N\Nc1ccccc1C)c1cc2cc(Cl)ccc2oc1=O. The molecule has 0 aliphatic carbocycles. The highest BCUT2D eigenvalue weighted by molar-refractivity contribution is 6.31. The number of para-hydroxylation sites is 1. The van der Waals surface area contributed by atoms with Crippen LogP contribution in [0.4, 0.5) is 5.69 Å². The van der Waals surface area contributed by atoms with Crippen molar-refractivity contribution in [3.05, 3.63) is 75.1 Å². The van der Waals surface area contributed by atoms with Gasteiger partial charge in [0.25, 0.3) is 0 Å². The lowest BCUT2D eigenvalue weighted by Crippen LogP contribution is -2.13. The van der Waals surface area contributed by atoms with Gasteiger partial charge in [-0.05, 0) is 49.7 Å². The van der Waals surface area contributed by atoms with Crippen LogP contribution in [0.2, 0.25) is 5.02 Å². The number of benzene rings is 2. The smallest absolute Gasteiger partial charge is 0.345 e. The fraction of sp³-hybridized carbons (Fsp3) is 0.111. The van der Waals surface area contributed by atoms with E-state index in [4.69, 9.17) is 16.0 Å². The Morgan fingerprint density at radius 2 is 1.96 bits per heavy atom. The van der Waals surface area contributed by atoms with Crippen molar-refractivity contribution in [3.63, 3.8) is 0 Å². The molecule has 23 heavy (non-hydrogen) atoms. The molecule has 0 amide bonds. The van der Waals surface area contributed by atoms with Crippen molar-refractivity contribution < 1.29 is 4.42 Å². The van der Waals surface area contributed by atoms with E-state index >= 15 is 0 Å². The molecule has 0 saturated heterocycles. The molecule has 1 aromatic heterocycles. The Morgan fingerprint density at radius 1 is 1.17 bits per heavy atom. The minimum absolute atomic E-state index is 0.404. The minimum atomic E-state index is -0.423. The topological polar surface area (TPSA) is 54.6 Å². The molecule has 1 N–H and O–H groups in total. The highest BCUT2D eigenvalue weighted by atomic mass is 35.5. The number of hydrogen-bond acceptors (Lipinski definition) is 4. The highest BCUT2D eigenvalue weighted by Gasteiger charge is 2.09. The van der Waals surface area contributed by atoms with Gasteiger partial charge in [-0.1, -0.05) is 29.8 Å². The number of nitrogens with one attached hydrogen (secondary N) is 1. The number of hydrazone groups is 1. The summed E-state index contributed by atoms with van der Waals surface area (Å²) in [6, 6.07) is 14.7. The molecule has 5 heteroatoms. The van der Waals surface area contributed by atoms with Crippen LogP contribution in [0.15, 0.2) is 62.8 Å². The Labute approximate surface area is 138 Å². The van der Waals surface area contributed by atoms with Crippen LogP contribution in [-0.4, -0.2) is 5.71 Å². The van der Waals surface area contributed by atoms with E-state index in [1.165, 1.54) is 0 Å². The molecule has 1 heterocycles. The number of rotatable bonds is 3. The average Bonchev–Trinajstić information content (AvgIpc) is 2.53. The van der Waals surface area contributed by atoms with E-state index in [9.17, 15) is 4.79 Å². The Balaban J connectivity index is 1.98. The second kappa shape index (κ2) is 6.26. The normalized spacial score (nSPS) is 11.7. The Bertz CT molecular complexity index is 961. The molecule has 116 valence electrons. The predicted octanol–water partition coefficient (Wildman–Crippen LogP) is 4.59. The van der Waals surface area contributed by atoms with Crippen LogP contribution in [-0.2, 0) is 0 Å². The van der Waals surface area contributed by atoms with Crippen molar-refractivity contribution in [2.75, 3.05) is 5.43 Å². The first-order valence-electron chi connectivity index (χ1n) is 7.14. The molecule has 0 fully saturated rings. The van der Waals surface area contributed by atoms with E-state index in [0.717, 1.165) is 16.6 Å². The third kappa shape index (κ3) is 3.27. The fourth-order valence-electron chi connectivity index (χ4n) is 2.25. The number of fused-ring (bicyclic) bond motifs is 1. The average molecular weight is 327 g/mol. The monoisotopic (exact) mass is 326 g/mol. The maximum atomic E-state index is 12.1. The van der Waals surface area contributed by atoms with Crippen molar-refractivity contribution in [2.45, 2.75) is 13.8 Å². The first-order valence-corrected chi connectivity index (χ1v) is 7.52. The van der Waals surface area contributed by atoms with Gasteiger partial charge in [0.15, 0.2) is 0 Å². The number of aryl methyl sites for hydroxylation is 1. The fourth-order valence-corrected chi connectivity index (χ4v) is 2.43. The summed E-state index contributed by atoms with van der Waals surface area (Å²) in [6.07, 6.45) is 0. The van der Waals surface area contributed by atoms with Gasteiger partial charge in [0.05, 0.1) is 17.0 Å². The molecule has 0 radical (unpaired) electrons. The zero-order valence-corrected chi connectivity index (χ0v) is 13.5. The van der Waals surface area contributed by atoms with Crippen LogP contribution >= 0.6 is 11.6 Å². The van der Waals surface area contributed by atoms with Crippen molar-refractivity contribution in [1.29, 1.82) is 0 Å². The van der Waals surface area contributed by atoms with Gasteiger partial charge in [-0.2, -0.15) is 5.10 Å². The van der Waals surface area contributed by atoms with Crippen molar-refractivity contribution in [2.24, 2.45) is 5.10 Å². The molecule has 2 aromatic carbocycles. The molecule has 0 saturated carbocycles. The second-order valence-corrected chi connectivity index (χ2v) is 5.69. The number of nitrogens with zero attached hydrogens (tertiary/aromatic N) is 1. The van der Waals surface area contributed by atoms with Crippen molar-refractivity contribution in [3.8, 4) is 0 Å². The number of anilines is 1. The molecular formula is C18H15ClN2O2. The van der Waals surface area contributed by atoms with Crippen molar-refractivity contribution in [1.82, 2.24) is 0 Å². The van der Waals surface area contributed by atoms with Gasteiger partial charge in [0.2, 0.25) is 0 Å². The highest BCUT2D eigenvalue weighted by Crippen LogP contribution is 2.19. The lowest BCUT2D eigenvalue weighted by atomic mass is 10.1. The lowest BCUT2D eigenvalue weighted by Gasteiger charge is -2.06. The summed E-state index contributed by atoms with van der Waals surface area (Å²) in [5.74, 6) is 0. The van der Waals surface area contributed by atoms with Crippen LogP contribution < -0.4 is 11.1 Å². The first kappa shape index (κ1) is 15.3. The van der Waals surface area contributed by atoms with Gasteiger partial charge in [0.1, 0.15) is 5.58 Å². The Hall–Kier alpha value is -2.59. The minimum Gasteiger partial charge on any atom is -0.422 e. The summed E-state index contributed by atoms with van der Waals surface area (Å²) >= 11 is 5.99. The number of halogens is 1. The quantitative estimate of drug-likeness (QED) is 0.435. The molecule has 0 aliphatic rings. The van der Waals surface area contributed by atoms with Crippen LogP contribution in [0.5, 0.6) is 0 Å². The summed E-state index contributed by atoms with van der Waals surface area (Å²) in [5.41, 5.74) is 5.97. The van der Waals surface area contributed by atoms with Gasteiger partial charge in [-0.3, -0.25) is 5.43 Å². The summed E-state index contributed by atoms with van der Waals surface area (Å²) in [7, 11) is 0. The summed E-state index contributed by atoms with van der Waals surface area (Å²) in [4.78, 5) is 12.1. The van der Waals surface area contributed by atoms with Crippen LogP contribution in [0.25, 0.3) is 11.0 Å². The van der Waals surface area contributed by atoms with Crippen molar-refractivity contribution >= 4 is 34.0 Å². The largest absolute Gasteiger partial charge is 0.422 e. The predicted molar refractivity (Wildman–Crippen MR) is 94.5 cm³/mol. The first-order chi connectivity index (χ1) is 11.0. The van der Waals surface area contributed by atoms with Crippen LogP contribution in [0.3, 0.4) is 0 Å². The lowest BCUT2D eigenvalue weighted by molar-refractivity contribution is 0.559. The van der Waals surface area contributed by atoms with Gasteiger partial charge >= 0.3 is 5.63 Å². The second-order valence-electron chi connectivity index (χ2n) is 5.25. The maximum absolute atomic E-state index is 12.1. The number of hydrogen-bond donors (Lipinski definition) is 1. The van der Waals surface area contributed by atoms with E-state index in [0.29, 0.717) is 21.9 Å². The molecule has 0 spiro atoms. The third-order valence-corrected chi connectivity index (χ3v) is 3.81. The summed E-state index contributed by atoms with van der Waals surface area (Å²) in [6.45, 7) is 3.74. The molecule has 0 bridgehead atoms. The standard InChI is InChI=1S/C18H15ClN2O2/c1-11-5-3-4-6-16(11)21-20-12(2)15-10-13-9-14(19)7-8-17(13)23-18(15)22/h3-10,21H,1-2H3/b20-12+. The van der Waals surface area contributed by atoms with Gasteiger partial charge < -0.3 is 4.42 Å². The third-order valence-electron chi connectivity index (χ3n) is 3.57. The Kier molecular flexibility index (Phi) is 4.17. The molecule has 0 atom stereocenters. The van der Waals surface area contributed by atoms with Crippen LogP contribution in [0, 0.1) is 6.92 Å². The molecule has 3 aromatic rings. The molecule has 0 unspecified atom stereocenters. The van der Waals surface area contributed by atoms with E-state index in [1.807, 2.05) is 31.2 Å². The van der Waals surface area contributed by atoms with E-state index in [1.54, 1.807) is 31.2 Å². The van der Waals surface area contributed by atoms with Gasteiger partial charge in [-0.25, -0.2) is 4.79 Å². The molecule has 0 aliphatic heterocycles. The van der Waals surface area contributed by atoms with E-state index in [-0.39, 0.29) is 0 Å². The zero-order valence-electron chi connectivity index (χ0n) is 12.8. The molecule has 4 nitrogen and oxygen atoms in total. The summed E-state index contributed by atoms with van der Waals surface area (Å²) < 4.78 is 5.32. The maximum Gasteiger partial charge on any atom is 0.345 e. The van der Waals surface area contributed by atoms with E-state index in [2.05, 4.69) is 10.5 Å². The molecular weight excluding hydrogens is 312 g/mol. The molecule has 3 rings (SSSR count).